The number of carbonyl (C=O) groups is 1. The summed E-state index contributed by atoms with van der Waals surface area (Å²) in [7, 11) is 0. The van der Waals surface area contributed by atoms with Crippen LogP contribution in [-0.2, 0) is 16.0 Å². The van der Waals surface area contributed by atoms with E-state index >= 15 is 0 Å². The van der Waals surface area contributed by atoms with Gasteiger partial charge in [0.2, 0.25) is 5.91 Å². The maximum absolute atomic E-state index is 11.2. The number of hydrogen-bond acceptors (Lipinski definition) is 4. The summed E-state index contributed by atoms with van der Waals surface area (Å²) < 4.78 is 5.96. The van der Waals surface area contributed by atoms with E-state index in [-0.39, 0.29) is 24.1 Å². The van der Waals surface area contributed by atoms with Gasteiger partial charge in [-0.05, 0) is 24.6 Å². The van der Waals surface area contributed by atoms with Crippen molar-refractivity contribution in [3.8, 4) is 0 Å². The minimum absolute atomic E-state index is 0.0448. The average molecular weight is 326 g/mol. The molecule has 102 valence electrons. The lowest BCUT2D eigenvalue weighted by Gasteiger charge is -2.08. The molecule has 0 saturated carbocycles. The highest BCUT2D eigenvalue weighted by Crippen LogP contribution is 2.11. The summed E-state index contributed by atoms with van der Waals surface area (Å²) in [6.45, 7) is 2.32. The van der Waals surface area contributed by atoms with Gasteiger partial charge in [0.15, 0.2) is 11.8 Å². The van der Waals surface area contributed by atoms with Crippen molar-refractivity contribution in [3.63, 3.8) is 0 Å². The van der Waals surface area contributed by atoms with E-state index in [1.165, 1.54) is 0 Å². The number of benzene rings is 1. The summed E-state index contributed by atoms with van der Waals surface area (Å²) in [6, 6.07) is 7.50. The molecule has 19 heavy (non-hydrogen) atoms. The number of rotatable bonds is 5. The fourth-order valence-electron chi connectivity index (χ4n) is 1.41. The summed E-state index contributed by atoms with van der Waals surface area (Å²) >= 11 is 3.33. The van der Waals surface area contributed by atoms with Gasteiger partial charge in [-0.3, -0.25) is 15.6 Å². The molecule has 0 bridgehead atoms. The van der Waals surface area contributed by atoms with Crippen LogP contribution in [0.4, 0.5) is 0 Å². The summed E-state index contributed by atoms with van der Waals surface area (Å²) in [5, 5.41) is 17.7. The standard InChI is InChI=1S/C13H16BrN3O2/c1-2-17-13(18)8-12(16)19-11(15)7-9-3-5-10(14)6-4-9/h3-6,15-16H,2,7-8H2,1H3,(H,17,18). The van der Waals surface area contributed by atoms with Crippen molar-refractivity contribution in [2.45, 2.75) is 19.8 Å². The number of amides is 1. The van der Waals surface area contributed by atoms with Crippen LogP contribution in [0.2, 0.25) is 0 Å². The smallest absolute Gasteiger partial charge is 0.229 e. The zero-order valence-corrected chi connectivity index (χ0v) is 12.2. The molecule has 0 aromatic heterocycles. The molecule has 6 heteroatoms. The average Bonchev–Trinajstić information content (AvgIpc) is 2.32. The van der Waals surface area contributed by atoms with E-state index in [1.807, 2.05) is 24.3 Å². The molecule has 1 aromatic carbocycles. The number of nitrogens with one attached hydrogen (secondary N) is 3. The first-order chi connectivity index (χ1) is 9.01. The molecule has 1 rings (SSSR count). The second kappa shape index (κ2) is 7.68. The molecule has 0 heterocycles. The third-order valence-corrected chi connectivity index (χ3v) is 2.75. The molecule has 0 atom stereocenters. The van der Waals surface area contributed by atoms with Gasteiger partial charge >= 0.3 is 0 Å². The van der Waals surface area contributed by atoms with Gasteiger partial charge in [0, 0.05) is 17.4 Å². The van der Waals surface area contributed by atoms with Crippen LogP contribution in [0.1, 0.15) is 18.9 Å². The van der Waals surface area contributed by atoms with Crippen LogP contribution in [0, 0.1) is 10.8 Å². The van der Waals surface area contributed by atoms with Gasteiger partial charge in [-0.25, -0.2) is 0 Å². The first-order valence-electron chi connectivity index (χ1n) is 5.85. The molecule has 0 fully saturated rings. The zero-order chi connectivity index (χ0) is 14.3. The Kier molecular flexibility index (Phi) is 6.21. The van der Waals surface area contributed by atoms with E-state index in [0.29, 0.717) is 13.0 Å². The lowest BCUT2D eigenvalue weighted by molar-refractivity contribution is -0.119. The third kappa shape index (κ3) is 6.15. The van der Waals surface area contributed by atoms with Gasteiger partial charge in [-0.2, -0.15) is 0 Å². The van der Waals surface area contributed by atoms with Gasteiger partial charge in [-0.15, -0.1) is 0 Å². The molecule has 0 radical (unpaired) electrons. The molecular formula is C13H16BrN3O2. The Morgan fingerprint density at radius 3 is 2.47 bits per heavy atom. The van der Waals surface area contributed by atoms with E-state index in [2.05, 4.69) is 21.2 Å². The minimum atomic E-state index is -0.274. The summed E-state index contributed by atoms with van der Waals surface area (Å²) in [6.07, 6.45) is 0.154. The number of hydrogen-bond donors (Lipinski definition) is 3. The van der Waals surface area contributed by atoms with Crippen LogP contribution in [0.15, 0.2) is 28.7 Å². The maximum atomic E-state index is 11.2. The fraction of sp³-hybridized carbons (Fsp3) is 0.308. The topological polar surface area (TPSA) is 86.0 Å². The SMILES string of the molecule is CCNC(=O)CC(=N)OC(=N)Cc1ccc(Br)cc1. The molecule has 0 unspecified atom stereocenters. The number of halogens is 1. The molecular weight excluding hydrogens is 310 g/mol. The van der Waals surface area contributed by atoms with Crippen molar-refractivity contribution in [1.82, 2.24) is 5.32 Å². The molecule has 1 amide bonds. The summed E-state index contributed by atoms with van der Waals surface area (Å²) in [4.78, 5) is 11.2. The Balaban J connectivity index is 2.40. The quantitative estimate of drug-likeness (QED) is 0.573. The van der Waals surface area contributed by atoms with Gasteiger partial charge in [0.25, 0.3) is 0 Å². The van der Waals surface area contributed by atoms with Gasteiger partial charge < -0.3 is 10.1 Å². The van der Waals surface area contributed by atoms with Crippen LogP contribution in [0.3, 0.4) is 0 Å². The van der Waals surface area contributed by atoms with Crippen LogP contribution < -0.4 is 5.32 Å². The maximum Gasteiger partial charge on any atom is 0.229 e. The Morgan fingerprint density at radius 2 is 1.89 bits per heavy atom. The van der Waals surface area contributed by atoms with Gasteiger partial charge in [-0.1, -0.05) is 28.1 Å². The highest BCUT2D eigenvalue weighted by atomic mass is 79.9. The molecule has 5 nitrogen and oxygen atoms in total. The molecule has 0 spiro atoms. The fourth-order valence-corrected chi connectivity index (χ4v) is 1.68. The monoisotopic (exact) mass is 325 g/mol. The lowest BCUT2D eigenvalue weighted by atomic mass is 10.1. The number of carbonyl (C=O) groups excluding carboxylic acids is 1. The highest BCUT2D eigenvalue weighted by molar-refractivity contribution is 9.10. The van der Waals surface area contributed by atoms with E-state index in [1.54, 1.807) is 6.92 Å². The number of ether oxygens (including phenoxy) is 1. The third-order valence-electron chi connectivity index (χ3n) is 2.22. The van der Waals surface area contributed by atoms with Gasteiger partial charge in [0.1, 0.15) is 6.42 Å². The van der Waals surface area contributed by atoms with Crippen LogP contribution in [0.25, 0.3) is 0 Å². The van der Waals surface area contributed by atoms with Crippen molar-refractivity contribution in [2.24, 2.45) is 0 Å². The van der Waals surface area contributed by atoms with Crippen LogP contribution in [0.5, 0.6) is 0 Å². The van der Waals surface area contributed by atoms with Crippen molar-refractivity contribution in [1.29, 1.82) is 10.8 Å². The molecule has 1 aromatic rings. The second-order valence-electron chi connectivity index (χ2n) is 3.88. The summed E-state index contributed by atoms with van der Waals surface area (Å²) in [5.74, 6) is -0.534. The Labute approximate surface area is 120 Å². The van der Waals surface area contributed by atoms with Gasteiger partial charge in [0.05, 0.1) is 0 Å². The first kappa shape index (κ1) is 15.4. The van der Waals surface area contributed by atoms with Crippen molar-refractivity contribution < 1.29 is 9.53 Å². The molecule has 0 aliphatic rings. The van der Waals surface area contributed by atoms with E-state index in [4.69, 9.17) is 15.6 Å². The second-order valence-corrected chi connectivity index (χ2v) is 4.80. The van der Waals surface area contributed by atoms with Crippen molar-refractivity contribution in [2.75, 3.05) is 6.54 Å². The predicted molar refractivity (Wildman–Crippen MR) is 77.7 cm³/mol. The normalized spacial score (nSPS) is 9.79. The Bertz CT molecular complexity index is 471. The van der Waals surface area contributed by atoms with Crippen molar-refractivity contribution in [3.05, 3.63) is 34.3 Å². The Morgan fingerprint density at radius 1 is 1.26 bits per heavy atom. The van der Waals surface area contributed by atoms with E-state index < -0.39 is 0 Å². The Hall–Kier alpha value is -1.69. The minimum Gasteiger partial charge on any atom is -0.429 e. The largest absolute Gasteiger partial charge is 0.429 e. The van der Waals surface area contributed by atoms with Crippen LogP contribution in [-0.4, -0.2) is 24.2 Å². The van der Waals surface area contributed by atoms with Crippen LogP contribution >= 0.6 is 15.9 Å². The lowest BCUT2D eigenvalue weighted by Crippen LogP contribution is -2.26. The molecule has 0 aliphatic heterocycles. The molecule has 0 saturated heterocycles. The van der Waals surface area contributed by atoms with Crippen molar-refractivity contribution >= 4 is 33.6 Å². The van der Waals surface area contributed by atoms with E-state index in [9.17, 15) is 4.79 Å². The molecule has 0 aliphatic carbocycles. The van der Waals surface area contributed by atoms with E-state index in [0.717, 1.165) is 10.0 Å². The zero-order valence-electron chi connectivity index (χ0n) is 10.6. The first-order valence-corrected chi connectivity index (χ1v) is 6.64. The predicted octanol–water partition coefficient (Wildman–Crippen LogP) is 2.49. The highest BCUT2D eigenvalue weighted by Gasteiger charge is 2.09. The molecule has 3 N–H and O–H groups in total. The summed E-state index contributed by atoms with van der Waals surface area (Å²) in [5.41, 5.74) is 0.916.